The Labute approximate surface area is 88.3 Å². The summed E-state index contributed by atoms with van der Waals surface area (Å²) in [5, 5.41) is 9.55. The monoisotopic (exact) mass is 213 g/mol. The molecular weight excluding hydrogens is 198 g/mol. The van der Waals surface area contributed by atoms with Crippen LogP contribution in [0.1, 0.15) is 13.8 Å². The van der Waals surface area contributed by atoms with Crippen LogP contribution >= 0.6 is 0 Å². The van der Waals surface area contributed by atoms with E-state index in [-0.39, 0.29) is 13.2 Å². The summed E-state index contributed by atoms with van der Waals surface area (Å²) in [6.45, 7) is 3.84. The molecule has 2 atom stereocenters. The SMILES string of the molecule is C/C=C/[C@H](O)[C@@H](C)C(=O)N1CCOC1=O. The molecule has 84 valence electrons. The van der Waals surface area contributed by atoms with E-state index in [0.717, 1.165) is 4.90 Å². The molecule has 0 aromatic heterocycles. The molecule has 1 aliphatic rings. The molecule has 1 aliphatic heterocycles. The van der Waals surface area contributed by atoms with Gasteiger partial charge in [0.2, 0.25) is 5.91 Å². The molecule has 1 rings (SSSR count). The van der Waals surface area contributed by atoms with Gasteiger partial charge in [0.25, 0.3) is 0 Å². The highest BCUT2D eigenvalue weighted by molar-refractivity contribution is 5.94. The van der Waals surface area contributed by atoms with Crippen LogP contribution in [0.3, 0.4) is 0 Å². The first kappa shape index (κ1) is 11.7. The second-order valence-electron chi connectivity index (χ2n) is 3.41. The number of carbonyl (C=O) groups excluding carboxylic acids is 2. The number of cyclic esters (lactones) is 1. The Morgan fingerprint density at radius 3 is 2.80 bits per heavy atom. The smallest absolute Gasteiger partial charge is 0.416 e. The lowest BCUT2D eigenvalue weighted by molar-refractivity contribution is -0.133. The van der Waals surface area contributed by atoms with Crippen molar-refractivity contribution in [1.29, 1.82) is 0 Å². The second-order valence-corrected chi connectivity index (χ2v) is 3.41. The summed E-state index contributed by atoms with van der Waals surface area (Å²) in [4.78, 5) is 23.8. The zero-order valence-electron chi connectivity index (χ0n) is 8.84. The van der Waals surface area contributed by atoms with E-state index in [0.29, 0.717) is 0 Å². The normalized spacial score (nSPS) is 20.5. The number of aliphatic hydroxyl groups is 1. The molecular formula is C10H15NO4. The van der Waals surface area contributed by atoms with Crippen LogP contribution in [0.5, 0.6) is 0 Å². The van der Waals surface area contributed by atoms with Crippen molar-refractivity contribution in [3.8, 4) is 0 Å². The number of hydrogen-bond donors (Lipinski definition) is 1. The molecule has 15 heavy (non-hydrogen) atoms. The molecule has 2 amide bonds. The predicted molar refractivity (Wildman–Crippen MR) is 53.0 cm³/mol. The van der Waals surface area contributed by atoms with Crippen LogP contribution in [0.25, 0.3) is 0 Å². The third-order valence-electron chi connectivity index (χ3n) is 2.32. The highest BCUT2D eigenvalue weighted by atomic mass is 16.6. The van der Waals surface area contributed by atoms with Crippen LogP contribution in [0.15, 0.2) is 12.2 Å². The first-order valence-corrected chi connectivity index (χ1v) is 4.87. The van der Waals surface area contributed by atoms with Gasteiger partial charge in [-0.1, -0.05) is 19.1 Å². The zero-order chi connectivity index (χ0) is 11.4. The van der Waals surface area contributed by atoms with Crippen molar-refractivity contribution >= 4 is 12.0 Å². The van der Waals surface area contributed by atoms with E-state index in [2.05, 4.69) is 4.74 Å². The molecule has 5 heteroatoms. The Bertz CT molecular complexity index is 287. The standard InChI is InChI=1S/C10H15NO4/c1-3-4-8(12)7(2)9(13)11-5-6-15-10(11)14/h3-4,7-8,12H,5-6H2,1-2H3/b4-3+/t7-,8+/m1/s1. The average molecular weight is 213 g/mol. The van der Waals surface area contributed by atoms with Gasteiger partial charge in [0.05, 0.1) is 18.6 Å². The van der Waals surface area contributed by atoms with E-state index in [1.165, 1.54) is 6.08 Å². The number of hydrogen-bond acceptors (Lipinski definition) is 4. The lowest BCUT2D eigenvalue weighted by atomic mass is 10.0. The fourth-order valence-corrected chi connectivity index (χ4v) is 1.35. The minimum atomic E-state index is -0.865. The van der Waals surface area contributed by atoms with Crippen molar-refractivity contribution in [2.45, 2.75) is 20.0 Å². The Morgan fingerprint density at radius 2 is 2.33 bits per heavy atom. The van der Waals surface area contributed by atoms with E-state index in [1.54, 1.807) is 19.9 Å². The van der Waals surface area contributed by atoms with Crippen molar-refractivity contribution < 1.29 is 19.4 Å². The van der Waals surface area contributed by atoms with Gasteiger partial charge >= 0.3 is 6.09 Å². The van der Waals surface area contributed by atoms with Crippen LogP contribution in [-0.2, 0) is 9.53 Å². The maximum Gasteiger partial charge on any atom is 0.416 e. The number of rotatable bonds is 3. The molecule has 1 heterocycles. The van der Waals surface area contributed by atoms with Gasteiger partial charge in [0, 0.05) is 0 Å². The van der Waals surface area contributed by atoms with Gasteiger partial charge in [0.15, 0.2) is 0 Å². The van der Waals surface area contributed by atoms with Gasteiger partial charge in [-0.05, 0) is 6.92 Å². The van der Waals surface area contributed by atoms with Gasteiger partial charge < -0.3 is 9.84 Å². The van der Waals surface area contributed by atoms with Gasteiger partial charge in [-0.15, -0.1) is 0 Å². The third kappa shape index (κ3) is 2.56. The lowest BCUT2D eigenvalue weighted by Gasteiger charge is -2.19. The minimum Gasteiger partial charge on any atom is -0.447 e. The minimum absolute atomic E-state index is 0.233. The maximum absolute atomic E-state index is 11.7. The Kier molecular flexibility index (Phi) is 3.85. The third-order valence-corrected chi connectivity index (χ3v) is 2.32. The Morgan fingerprint density at radius 1 is 1.67 bits per heavy atom. The molecule has 1 saturated heterocycles. The average Bonchev–Trinajstić information content (AvgIpc) is 2.62. The van der Waals surface area contributed by atoms with E-state index in [4.69, 9.17) is 0 Å². The highest BCUT2D eigenvalue weighted by Crippen LogP contribution is 2.13. The molecule has 0 aliphatic carbocycles. The molecule has 0 radical (unpaired) electrons. The number of imide groups is 1. The van der Waals surface area contributed by atoms with Gasteiger partial charge in [-0.25, -0.2) is 9.69 Å². The van der Waals surface area contributed by atoms with Crippen molar-refractivity contribution in [3.63, 3.8) is 0 Å². The van der Waals surface area contributed by atoms with Gasteiger partial charge in [-0.3, -0.25) is 4.79 Å². The molecule has 0 aromatic carbocycles. The first-order valence-electron chi connectivity index (χ1n) is 4.87. The Balaban J connectivity index is 2.63. The summed E-state index contributed by atoms with van der Waals surface area (Å²) in [6, 6.07) is 0. The second kappa shape index (κ2) is 4.93. The largest absolute Gasteiger partial charge is 0.447 e. The maximum atomic E-state index is 11.7. The number of nitrogens with zero attached hydrogens (tertiary/aromatic N) is 1. The molecule has 0 unspecified atom stereocenters. The number of aliphatic hydroxyl groups excluding tert-OH is 1. The summed E-state index contributed by atoms with van der Waals surface area (Å²) >= 11 is 0. The first-order chi connectivity index (χ1) is 7.07. The summed E-state index contributed by atoms with van der Waals surface area (Å²) in [6.07, 6.45) is 1.69. The number of carbonyl (C=O) groups is 2. The summed E-state index contributed by atoms with van der Waals surface area (Å²) < 4.78 is 4.64. The molecule has 0 spiro atoms. The summed E-state index contributed by atoms with van der Waals surface area (Å²) in [5.74, 6) is -1.03. The van der Waals surface area contributed by atoms with Crippen molar-refractivity contribution in [2.24, 2.45) is 5.92 Å². The fraction of sp³-hybridized carbons (Fsp3) is 0.600. The molecule has 0 bridgehead atoms. The van der Waals surface area contributed by atoms with Gasteiger partial charge in [0.1, 0.15) is 6.61 Å². The van der Waals surface area contributed by atoms with E-state index in [1.807, 2.05) is 0 Å². The lowest BCUT2D eigenvalue weighted by Crippen LogP contribution is -2.39. The van der Waals surface area contributed by atoms with E-state index < -0.39 is 24.0 Å². The Hall–Kier alpha value is -1.36. The number of allylic oxidation sites excluding steroid dienone is 1. The fourth-order valence-electron chi connectivity index (χ4n) is 1.35. The van der Waals surface area contributed by atoms with E-state index in [9.17, 15) is 14.7 Å². The zero-order valence-corrected chi connectivity index (χ0v) is 8.84. The van der Waals surface area contributed by atoms with E-state index >= 15 is 0 Å². The van der Waals surface area contributed by atoms with Crippen molar-refractivity contribution in [1.82, 2.24) is 4.90 Å². The number of amides is 2. The predicted octanol–water partition coefficient (Wildman–Crippen LogP) is 0.538. The molecule has 1 fully saturated rings. The van der Waals surface area contributed by atoms with Crippen molar-refractivity contribution in [3.05, 3.63) is 12.2 Å². The van der Waals surface area contributed by atoms with Gasteiger partial charge in [-0.2, -0.15) is 0 Å². The van der Waals surface area contributed by atoms with Crippen molar-refractivity contribution in [2.75, 3.05) is 13.2 Å². The molecule has 1 N–H and O–H groups in total. The summed E-state index contributed by atoms with van der Waals surface area (Å²) in [7, 11) is 0. The quantitative estimate of drug-likeness (QED) is 0.695. The van der Waals surface area contributed by atoms with Crippen LogP contribution in [-0.4, -0.2) is 41.3 Å². The number of ether oxygens (including phenoxy) is 1. The van der Waals surface area contributed by atoms with Crippen LogP contribution in [0.4, 0.5) is 4.79 Å². The summed E-state index contributed by atoms with van der Waals surface area (Å²) in [5.41, 5.74) is 0. The van der Waals surface area contributed by atoms with Crippen LogP contribution < -0.4 is 0 Å². The van der Waals surface area contributed by atoms with Crippen LogP contribution in [0.2, 0.25) is 0 Å². The van der Waals surface area contributed by atoms with Crippen LogP contribution in [0, 0.1) is 5.92 Å². The topological polar surface area (TPSA) is 66.8 Å². The molecule has 5 nitrogen and oxygen atoms in total. The molecule has 0 aromatic rings. The molecule has 0 saturated carbocycles. The highest BCUT2D eigenvalue weighted by Gasteiger charge is 2.33.